The molecule has 3 rings (SSSR count). The van der Waals surface area contributed by atoms with Crippen LogP contribution < -0.4 is 5.32 Å². The number of aromatic nitrogens is 1. The first kappa shape index (κ1) is 17.7. The van der Waals surface area contributed by atoms with Crippen LogP contribution in [0.3, 0.4) is 0 Å². The van der Waals surface area contributed by atoms with Crippen molar-refractivity contribution < 1.29 is 22.5 Å². The van der Waals surface area contributed by atoms with Crippen LogP contribution in [0.25, 0.3) is 0 Å². The Morgan fingerprint density at radius 2 is 2.04 bits per heavy atom. The predicted molar refractivity (Wildman–Crippen MR) is 86.8 cm³/mol. The molecule has 1 aromatic rings. The third kappa shape index (κ3) is 3.93. The zero-order valence-corrected chi connectivity index (χ0v) is 14.7. The summed E-state index contributed by atoms with van der Waals surface area (Å²) in [6.45, 7) is 1.61. The zero-order valence-electron chi connectivity index (χ0n) is 13.9. The SMILES string of the molecule is CN1CCC(NC(=O)N2CCN(S(=O)(=O)Cc3ccon3)CC2)C1=O. The molecular weight excluding hydrogens is 350 g/mol. The molecule has 0 spiro atoms. The molecule has 3 amide bonds. The Labute approximate surface area is 145 Å². The number of piperazine rings is 1. The molecule has 2 aliphatic rings. The molecule has 1 unspecified atom stereocenters. The van der Waals surface area contributed by atoms with Gasteiger partial charge in [-0.15, -0.1) is 0 Å². The van der Waals surface area contributed by atoms with E-state index in [1.807, 2.05) is 0 Å². The van der Waals surface area contributed by atoms with Crippen LogP contribution in [-0.4, -0.2) is 85.4 Å². The fraction of sp³-hybridized carbons (Fsp3) is 0.643. The number of hydrogen-bond donors (Lipinski definition) is 1. The Bertz CT molecular complexity index is 727. The second kappa shape index (κ2) is 7.00. The van der Waals surface area contributed by atoms with E-state index >= 15 is 0 Å². The van der Waals surface area contributed by atoms with E-state index in [2.05, 4.69) is 15.0 Å². The van der Waals surface area contributed by atoms with Crippen LogP contribution in [0.5, 0.6) is 0 Å². The summed E-state index contributed by atoms with van der Waals surface area (Å²) in [5.74, 6) is -0.319. The van der Waals surface area contributed by atoms with E-state index in [9.17, 15) is 18.0 Å². The highest BCUT2D eigenvalue weighted by atomic mass is 32.2. The molecule has 0 aromatic carbocycles. The normalized spacial score (nSPS) is 22.4. The standard InChI is InChI=1S/C14H21N5O5S/c1-17-4-2-12(13(17)20)15-14(21)18-5-7-19(8-6-18)25(22,23)10-11-3-9-24-16-11/h3,9,12H,2,4-8,10H2,1H3,(H,15,21). The average Bonchev–Trinajstić information content (AvgIpc) is 3.20. The lowest BCUT2D eigenvalue weighted by molar-refractivity contribution is -0.128. The van der Waals surface area contributed by atoms with Crippen LogP contribution in [0.1, 0.15) is 12.1 Å². The van der Waals surface area contributed by atoms with E-state index < -0.39 is 16.1 Å². The number of nitrogens with zero attached hydrogens (tertiary/aromatic N) is 4. The topological polar surface area (TPSA) is 116 Å². The van der Waals surface area contributed by atoms with Crippen molar-refractivity contribution in [2.24, 2.45) is 0 Å². The molecule has 0 radical (unpaired) electrons. The van der Waals surface area contributed by atoms with Gasteiger partial charge in [-0.05, 0) is 6.42 Å². The average molecular weight is 371 g/mol. The van der Waals surface area contributed by atoms with Crippen molar-refractivity contribution in [1.29, 1.82) is 0 Å². The summed E-state index contributed by atoms with van der Waals surface area (Å²) in [4.78, 5) is 27.2. The van der Waals surface area contributed by atoms with Gasteiger partial charge in [0, 0.05) is 45.8 Å². The van der Waals surface area contributed by atoms with Gasteiger partial charge < -0.3 is 19.6 Å². The summed E-state index contributed by atoms with van der Waals surface area (Å²) >= 11 is 0. The summed E-state index contributed by atoms with van der Waals surface area (Å²) in [6.07, 6.45) is 1.92. The molecule has 138 valence electrons. The number of nitrogens with one attached hydrogen (secondary N) is 1. The Balaban J connectivity index is 1.51. The fourth-order valence-corrected chi connectivity index (χ4v) is 4.38. The van der Waals surface area contributed by atoms with Crippen molar-refractivity contribution >= 4 is 22.0 Å². The first-order valence-corrected chi connectivity index (χ1v) is 9.65. The van der Waals surface area contributed by atoms with Crippen LogP contribution in [0.15, 0.2) is 16.9 Å². The summed E-state index contributed by atoms with van der Waals surface area (Å²) in [6, 6.07) is 0.685. The van der Waals surface area contributed by atoms with Gasteiger partial charge in [0.05, 0.1) is 5.69 Å². The maximum Gasteiger partial charge on any atom is 0.318 e. The molecule has 2 fully saturated rings. The van der Waals surface area contributed by atoms with Gasteiger partial charge in [0.25, 0.3) is 0 Å². The lowest BCUT2D eigenvalue weighted by atomic mass is 10.2. The van der Waals surface area contributed by atoms with E-state index in [4.69, 9.17) is 0 Å². The molecule has 25 heavy (non-hydrogen) atoms. The Hall–Kier alpha value is -2.14. The Kier molecular flexibility index (Phi) is 4.95. The molecule has 2 aliphatic heterocycles. The minimum atomic E-state index is -3.50. The van der Waals surface area contributed by atoms with Gasteiger partial charge in [0.15, 0.2) is 0 Å². The molecule has 11 heteroatoms. The van der Waals surface area contributed by atoms with Gasteiger partial charge in [0.1, 0.15) is 18.1 Å². The molecule has 2 saturated heterocycles. The Morgan fingerprint density at radius 3 is 2.60 bits per heavy atom. The second-order valence-corrected chi connectivity index (χ2v) is 8.15. The third-order valence-electron chi connectivity index (χ3n) is 4.47. The van der Waals surface area contributed by atoms with Gasteiger partial charge in [-0.25, -0.2) is 13.2 Å². The molecule has 10 nitrogen and oxygen atoms in total. The molecular formula is C14H21N5O5S. The molecule has 0 bridgehead atoms. The highest BCUT2D eigenvalue weighted by molar-refractivity contribution is 7.88. The van der Waals surface area contributed by atoms with E-state index in [1.54, 1.807) is 11.9 Å². The van der Waals surface area contributed by atoms with Crippen molar-refractivity contribution in [2.45, 2.75) is 18.2 Å². The van der Waals surface area contributed by atoms with Gasteiger partial charge in [-0.1, -0.05) is 5.16 Å². The Morgan fingerprint density at radius 1 is 1.32 bits per heavy atom. The highest BCUT2D eigenvalue weighted by Gasteiger charge is 2.34. The number of carbonyl (C=O) groups is 2. The zero-order chi connectivity index (χ0) is 18.0. The maximum atomic E-state index is 12.4. The number of carbonyl (C=O) groups excluding carboxylic acids is 2. The van der Waals surface area contributed by atoms with Crippen LogP contribution in [0.2, 0.25) is 0 Å². The molecule has 3 heterocycles. The summed E-state index contributed by atoms with van der Waals surface area (Å²) in [5, 5.41) is 6.34. The van der Waals surface area contributed by atoms with Crippen molar-refractivity contribution in [3.05, 3.63) is 18.0 Å². The maximum absolute atomic E-state index is 12.4. The lowest BCUT2D eigenvalue weighted by Crippen LogP contribution is -2.55. The first-order chi connectivity index (χ1) is 11.9. The monoisotopic (exact) mass is 371 g/mol. The molecule has 0 aliphatic carbocycles. The first-order valence-electron chi connectivity index (χ1n) is 8.04. The second-order valence-electron chi connectivity index (χ2n) is 6.18. The third-order valence-corrected chi connectivity index (χ3v) is 6.28. The van der Waals surface area contributed by atoms with Crippen LogP contribution >= 0.6 is 0 Å². The van der Waals surface area contributed by atoms with E-state index in [1.165, 1.54) is 21.5 Å². The lowest BCUT2D eigenvalue weighted by Gasteiger charge is -2.34. The molecule has 1 N–H and O–H groups in total. The van der Waals surface area contributed by atoms with Gasteiger partial charge in [0.2, 0.25) is 15.9 Å². The quantitative estimate of drug-likeness (QED) is 0.730. The van der Waals surface area contributed by atoms with E-state index in [0.717, 1.165) is 0 Å². The largest absolute Gasteiger partial charge is 0.364 e. The number of likely N-dealkylation sites (tertiary alicyclic amines) is 1. The summed E-state index contributed by atoms with van der Waals surface area (Å²) < 4.78 is 30.7. The van der Waals surface area contributed by atoms with Crippen molar-refractivity contribution in [1.82, 2.24) is 24.6 Å². The van der Waals surface area contributed by atoms with Crippen LogP contribution in [0.4, 0.5) is 4.79 Å². The van der Waals surface area contributed by atoms with Crippen molar-refractivity contribution in [2.75, 3.05) is 39.8 Å². The molecule has 1 aromatic heterocycles. The fourth-order valence-electron chi connectivity index (χ4n) is 2.96. The van der Waals surface area contributed by atoms with Gasteiger partial charge >= 0.3 is 6.03 Å². The number of hydrogen-bond acceptors (Lipinski definition) is 6. The van der Waals surface area contributed by atoms with Crippen molar-refractivity contribution in [3.63, 3.8) is 0 Å². The molecule has 1 atom stereocenters. The molecule has 0 saturated carbocycles. The van der Waals surface area contributed by atoms with Gasteiger partial charge in [-0.3, -0.25) is 4.79 Å². The van der Waals surface area contributed by atoms with E-state index in [-0.39, 0.29) is 43.9 Å². The summed E-state index contributed by atoms with van der Waals surface area (Å²) in [5.41, 5.74) is 0.351. The van der Waals surface area contributed by atoms with E-state index in [0.29, 0.717) is 18.7 Å². The number of sulfonamides is 1. The van der Waals surface area contributed by atoms with Crippen LogP contribution in [-0.2, 0) is 20.6 Å². The number of rotatable bonds is 4. The van der Waals surface area contributed by atoms with Gasteiger partial charge in [-0.2, -0.15) is 4.31 Å². The smallest absolute Gasteiger partial charge is 0.318 e. The summed E-state index contributed by atoms with van der Waals surface area (Å²) in [7, 11) is -1.80. The minimum absolute atomic E-state index is 0.0952. The van der Waals surface area contributed by atoms with Crippen LogP contribution in [0, 0.1) is 0 Å². The number of urea groups is 1. The van der Waals surface area contributed by atoms with Crippen molar-refractivity contribution in [3.8, 4) is 0 Å². The number of amides is 3. The number of likely N-dealkylation sites (N-methyl/N-ethyl adjacent to an activating group) is 1. The predicted octanol–water partition coefficient (Wildman–Crippen LogP) is -0.938. The minimum Gasteiger partial charge on any atom is -0.364 e. The highest BCUT2D eigenvalue weighted by Crippen LogP contribution is 2.14.